The van der Waals surface area contributed by atoms with E-state index in [0.29, 0.717) is 0 Å². The molecular weight excluding hydrogens is 240 g/mol. The molecule has 0 unspecified atom stereocenters. The van der Waals surface area contributed by atoms with E-state index >= 15 is 0 Å². The van der Waals surface area contributed by atoms with E-state index in [9.17, 15) is 8.42 Å². The second kappa shape index (κ2) is 4.75. The van der Waals surface area contributed by atoms with E-state index in [2.05, 4.69) is 14.7 Å². The normalized spacial score (nSPS) is 11.9. The van der Waals surface area contributed by atoms with Gasteiger partial charge in [0.05, 0.1) is 4.90 Å². The molecule has 0 bridgehead atoms. The van der Waals surface area contributed by atoms with E-state index in [1.165, 1.54) is 24.3 Å². The van der Waals surface area contributed by atoms with Crippen LogP contribution in [-0.4, -0.2) is 14.0 Å². The molecule has 0 aliphatic carbocycles. The predicted molar refractivity (Wildman–Crippen MR) is 65.3 cm³/mol. The summed E-state index contributed by atoms with van der Waals surface area (Å²) in [5, 5.41) is 3.37. The maximum Gasteiger partial charge on any atom is 0.241 e. The first-order chi connectivity index (χ1) is 7.74. The predicted octanol–water partition coefficient (Wildman–Crippen LogP) is 2.71. The smallest absolute Gasteiger partial charge is 0.207 e. The van der Waals surface area contributed by atoms with Crippen molar-refractivity contribution in [1.82, 2.24) is 4.72 Å². The molecule has 0 amide bonds. The molecule has 0 aromatic heterocycles. The highest BCUT2D eigenvalue weighted by Gasteiger charge is 2.21. The minimum atomic E-state index is -3.59. The summed E-state index contributed by atoms with van der Waals surface area (Å²) in [6, 6.07) is 5.84. The molecule has 0 aliphatic rings. The molecule has 6 nitrogen and oxygen atoms in total. The maximum atomic E-state index is 12.0. The Labute approximate surface area is 100 Å². The third-order valence-corrected chi connectivity index (χ3v) is 3.48. The summed E-state index contributed by atoms with van der Waals surface area (Å²) < 4.78 is 26.4. The minimum absolute atomic E-state index is 0.0809. The lowest BCUT2D eigenvalue weighted by Crippen LogP contribution is -2.40. The lowest BCUT2D eigenvalue weighted by molar-refractivity contribution is 0.491. The number of hydrogen-bond acceptors (Lipinski definition) is 3. The third-order valence-electron chi connectivity index (χ3n) is 1.73. The van der Waals surface area contributed by atoms with Gasteiger partial charge in [-0.25, -0.2) is 13.1 Å². The van der Waals surface area contributed by atoms with Crippen LogP contribution >= 0.6 is 0 Å². The molecule has 7 heteroatoms. The second-order valence-electron chi connectivity index (χ2n) is 4.54. The molecule has 1 N–H and O–H groups in total. The Hall–Kier alpha value is -1.56. The first kappa shape index (κ1) is 13.5. The van der Waals surface area contributed by atoms with Crippen molar-refractivity contribution >= 4 is 15.7 Å². The molecule has 92 valence electrons. The zero-order valence-electron chi connectivity index (χ0n) is 9.88. The summed E-state index contributed by atoms with van der Waals surface area (Å²) >= 11 is 0. The van der Waals surface area contributed by atoms with Crippen LogP contribution in [0.15, 0.2) is 34.3 Å². The lowest BCUT2D eigenvalue weighted by atomic mass is 10.1. The van der Waals surface area contributed by atoms with Gasteiger partial charge in [0, 0.05) is 16.1 Å². The molecule has 0 heterocycles. The SMILES string of the molecule is CC(C)(C)NS(=O)(=O)c1cccc(N=[N+]=[N-])c1. The summed E-state index contributed by atoms with van der Waals surface area (Å²) in [4.78, 5) is 2.69. The molecule has 17 heavy (non-hydrogen) atoms. The van der Waals surface area contributed by atoms with E-state index in [0.717, 1.165) is 0 Å². The van der Waals surface area contributed by atoms with Gasteiger partial charge in [-0.3, -0.25) is 0 Å². The van der Waals surface area contributed by atoms with Gasteiger partial charge in [0.15, 0.2) is 0 Å². The number of nitrogens with zero attached hydrogens (tertiary/aromatic N) is 3. The zero-order valence-corrected chi connectivity index (χ0v) is 10.7. The van der Waals surface area contributed by atoms with Crippen molar-refractivity contribution in [3.05, 3.63) is 34.7 Å². The zero-order chi connectivity index (χ0) is 13.1. The number of nitrogens with one attached hydrogen (secondary N) is 1. The average Bonchev–Trinajstić information content (AvgIpc) is 2.15. The summed E-state index contributed by atoms with van der Waals surface area (Å²) in [5.41, 5.74) is 8.00. The van der Waals surface area contributed by atoms with Gasteiger partial charge >= 0.3 is 0 Å². The highest BCUT2D eigenvalue weighted by molar-refractivity contribution is 7.89. The molecule has 0 saturated heterocycles. The lowest BCUT2D eigenvalue weighted by Gasteiger charge is -2.20. The summed E-state index contributed by atoms with van der Waals surface area (Å²) in [5.74, 6) is 0. The summed E-state index contributed by atoms with van der Waals surface area (Å²) in [7, 11) is -3.59. The van der Waals surface area contributed by atoms with Crippen molar-refractivity contribution in [1.29, 1.82) is 0 Å². The van der Waals surface area contributed by atoms with E-state index in [4.69, 9.17) is 5.53 Å². The summed E-state index contributed by atoms with van der Waals surface area (Å²) in [6.07, 6.45) is 0. The maximum absolute atomic E-state index is 12.0. The van der Waals surface area contributed by atoms with E-state index in [1.807, 2.05) is 0 Å². The molecule has 0 fully saturated rings. The number of hydrogen-bond donors (Lipinski definition) is 1. The number of sulfonamides is 1. The van der Waals surface area contributed by atoms with Crippen molar-refractivity contribution in [2.45, 2.75) is 31.2 Å². The van der Waals surface area contributed by atoms with Gasteiger partial charge in [-0.15, -0.1) is 0 Å². The Bertz CT molecular complexity index is 554. The fourth-order valence-electron chi connectivity index (χ4n) is 1.23. The molecule has 0 saturated carbocycles. The van der Waals surface area contributed by atoms with Crippen LogP contribution in [0.1, 0.15) is 20.8 Å². The molecular formula is C10H14N4O2S. The highest BCUT2D eigenvalue weighted by atomic mass is 32.2. The van der Waals surface area contributed by atoms with Crippen LogP contribution in [0.25, 0.3) is 10.4 Å². The fraction of sp³-hybridized carbons (Fsp3) is 0.400. The standard InChI is InChI=1S/C10H14N4O2S/c1-10(2,3)13-17(15,16)9-6-4-5-8(7-9)12-14-11/h4-7,13H,1-3H3. The number of benzene rings is 1. The highest BCUT2D eigenvalue weighted by Crippen LogP contribution is 2.19. The van der Waals surface area contributed by atoms with E-state index in [-0.39, 0.29) is 10.6 Å². The summed E-state index contributed by atoms with van der Waals surface area (Å²) in [6.45, 7) is 5.26. The number of rotatable bonds is 3. The molecule has 1 rings (SSSR count). The van der Waals surface area contributed by atoms with Crippen LogP contribution in [0, 0.1) is 0 Å². The van der Waals surface area contributed by atoms with Gasteiger partial charge in [-0.05, 0) is 38.4 Å². The van der Waals surface area contributed by atoms with Gasteiger partial charge in [-0.1, -0.05) is 17.2 Å². The van der Waals surface area contributed by atoms with Crippen LogP contribution < -0.4 is 4.72 Å². The Kier molecular flexibility index (Phi) is 3.77. The van der Waals surface area contributed by atoms with Crippen LogP contribution in [0.4, 0.5) is 5.69 Å². The molecule has 0 spiro atoms. The quantitative estimate of drug-likeness (QED) is 0.510. The van der Waals surface area contributed by atoms with Crippen molar-refractivity contribution in [2.75, 3.05) is 0 Å². The Morgan fingerprint density at radius 1 is 1.35 bits per heavy atom. The first-order valence-corrected chi connectivity index (χ1v) is 6.42. The van der Waals surface area contributed by atoms with Gasteiger partial charge in [0.2, 0.25) is 10.0 Å². The fourth-order valence-corrected chi connectivity index (χ4v) is 2.68. The largest absolute Gasteiger partial charge is 0.241 e. The van der Waals surface area contributed by atoms with Crippen LogP contribution in [0.2, 0.25) is 0 Å². The second-order valence-corrected chi connectivity index (χ2v) is 6.22. The minimum Gasteiger partial charge on any atom is -0.207 e. The molecule has 0 aliphatic heterocycles. The van der Waals surface area contributed by atoms with Gasteiger partial charge in [-0.2, -0.15) is 0 Å². The number of azide groups is 1. The van der Waals surface area contributed by atoms with Gasteiger partial charge in [0.1, 0.15) is 0 Å². The first-order valence-electron chi connectivity index (χ1n) is 4.94. The van der Waals surface area contributed by atoms with Crippen LogP contribution in [-0.2, 0) is 10.0 Å². The van der Waals surface area contributed by atoms with E-state index in [1.54, 1.807) is 20.8 Å². The Morgan fingerprint density at radius 2 is 2.00 bits per heavy atom. The average molecular weight is 254 g/mol. The molecule has 0 atom stereocenters. The van der Waals surface area contributed by atoms with Gasteiger partial charge < -0.3 is 0 Å². The monoisotopic (exact) mass is 254 g/mol. The molecule has 0 radical (unpaired) electrons. The van der Waals surface area contributed by atoms with Gasteiger partial charge in [0.25, 0.3) is 0 Å². The molecule has 1 aromatic rings. The Morgan fingerprint density at radius 3 is 2.53 bits per heavy atom. The van der Waals surface area contributed by atoms with Crippen molar-refractivity contribution in [2.24, 2.45) is 5.11 Å². The van der Waals surface area contributed by atoms with Crippen LogP contribution in [0.5, 0.6) is 0 Å². The molecule has 1 aromatic carbocycles. The van der Waals surface area contributed by atoms with E-state index < -0.39 is 15.6 Å². The van der Waals surface area contributed by atoms with Crippen molar-refractivity contribution in [3.8, 4) is 0 Å². The Balaban J connectivity index is 3.16. The topological polar surface area (TPSA) is 94.9 Å². The third kappa shape index (κ3) is 4.07. The van der Waals surface area contributed by atoms with Crippen molar-refractivity contribution < 1.29 is 8.42 Å². The van der Waals surface area contributed by atoms with Crippen molar-refractivity contribution in [3.63, 3.8) is 0 Å². The van der Waals surface area contributed by atoms with Crippen LogP contribution in [0.3, 0.4) is 0 Å².